The number of ether oxygens (including phenoxy) is 1. The molecule has 0 bridgehead atoms. The molecule has 9 nitrogen and oxygen atoms in total. The minimum atomic E-state index is -0.0189. The third kappa shape index (κ3) is 4.38. The molecule has 182 valence electrons. The average Bonchev–Trinajstić information content (AvgIpc) is 3.55. The number of nitrogens with zero attached hydrogens (tertiary/aromatic N) is 7. The Morgan fingerprint density at radius 1 is 1.17 bits per heavy atom. The Hall–Kier alpha value is -4.32. The van der Waals surface area contributed by atoms with E-state index in [-0.39, 0.29) is 5.78 Å². The molecule has 0 saturated heterocycles. The van der Waals surface area contributed by atoms with Crippen molar-refractivity contribution in [3.05, 3.63) is 70.6 Å². The van der Waals surface area contributed by atoms with Crippen molar-refractivity contribution in [1.82, 2.24) is 29.5 Å². The third-order valence-corrected chi connectivity index (χ3v) is 6.55. The van der Waals surface area contributed by atoms with Gasteiger partial charge < -0.3 is 4.74 Å². The second-order valence-electron chi connectivity index (χ2n) is 9.20. The number of ketones is 1. The predicted octanol–water partition coefficient (Wildman–Crippen LogP) is 4.23. The fourth-order valence-corrected chi connectivity index (χ4v) is 4.60. The van der Waals surface area contributed by atoms with Crippen molar-refractivity contribution in [2.45, 2.75) is 46.6 Å². The normalized spacial score (nSPS) is 13.0. The van der Waals surface area contributed by atoms with E-state index in [2.05, 4.69) is 21.1 Å². The topological polar surface area (TPSA) is 112 Å². The first-order valence-corrected chi connectivity index (χ1v) is 11.9. The van der Waals surface area contributed by atoms with Crippen LogP contribution in [0.5, 0.6) is 5.75 Å². The van der Waals surface area contributed by atoms with Crippen LogP contribution >= 0.6 is 0 Å². The molecule has 0 atom stereocenters. The highest BCUT2D eigenvalue weighted by Gasteiger charge is 2.27. The van der Waals surface area contributed by atoms with E-state index in [4.69, 9.17) is 15.1 Å². The lowest BCUT2D eigenvalue weighted by Crippen LogP contribution is -2.10. The number of aryl methyl sites for hydroxylation is 1. The van der Waals surface area contributed by atoms with Crippen molar-refractivity contribution >= 4 is 5.78 Å². The molecule has 0 spiro atoms. The van der Waals surface area contributed by atoms with Crippen LogP contribution in [0.25, 0.3) is 17.1 Å². The summed E-state index contributed by atoms with van der Waals surface area (Å²) >= 11 is 0. The van der Waals surface area contributed by atoms with Crippen LogP contribution in [0.1, 0.15) is 58.5 Å². The number of methoxy groups -OCH3 is 1. The van der Waals surface area contributed by atoms with Gasteiger partial charge in [-0.2, -0.15) is 15.5 Å². The van der Waals surface area contributed by atoms with Gasteiger partial charge in [-0.1, -0.05) is 12.1 Å². The van der Waals surface area contributed by atoms with E-state index >= 15 is 0 Å². The second-order valence-corrected chi connectivity index (χ2v) is 9.20. The van der Waals surface area contributed by atoms with Gasteiger partial charge in [0.2, 0.25) is 0 Å². The Kier molecular flexibility index (Phi) is 6.10. The molecule has 4 aromatic rings. The minimum absolute atomic E-state index is 0.0189. The average molecular weight is 482 g/mol. The van der Waals surface area contributed by atoms with E-state index in [0.717, 1.165) is 34.9 Å². The largest absolute Gasteiger partial charge is 0.492 e. The first-order chi connectivity index (χ1) is 17.4. The lowest BCUT2D eigenvalue weighted by molar-refractivity contribution is 0.101. The lowest BCUT2D eigenvalue weighted by Gasteiger charge is -2.10. The van der Waals surface area contributed by atoms with E-state index in [1.807, 2.05) is 36.7 Å². The summed E-state index contributed by atoms with van der Waals surface area (Å²) in [6.45, 7) is 6.06. The van der Waals surface area contributed by atoms with Gasteiger partial charge in [-0.05, 0) is 51.7 Å². The second kappa shape index (κ2) is 9.38. The molecule has 1 fully saturated rings. The molecular formula is C27H27N7O2. The van der Waals surface area contributed by atoms with E-state index in [1.165, 1.54) is 19.2 Å². The van der Waals surface area contributed by atoms with E-state index in [0.29, 0.717) is 40.7 Å². The minimum Gasteiger partial charge on any atom is -0.492 e. The van der Waals surface area contributed by atoms with Crippen molar-refractivity contribution in [2.75, 3.05) is 7.11 Å². The first-order valence-electron chi connectivity index (χ1n) is 11.9. The molecule has 5 rings (SSSR count). The summed E-state index contributed by atoms with van der Waals surface area (Å²) in [6.07, 6.45) is 4.40. The summed E-state index contributed by atoms with van der Waals surface area (Å²) in [6, 6.07) is 11.4. The van der Waals surface area contributed by atoms with Crippen LogP contribution in [-0.4, -0.2) is 42.4 Å². The van der Waals surface area contributed by atoms with Crippen molar-refractivity contribution in [3.8, 4) is 28.9 Å². The standard InChI is InChI=1S/C27H27N7O2/c1-16-25(18(3)35)17(2)34(31-16)24-12-22(29-15-30-24)11-23-27(36-4)26(32-33(23)14-20-5-6-20)21-9-7-19(13-28)8-10-21/h7-10,12,15,20H,5-6,11,14H2,1-4H3. The zero-order valence-corrected chi connectivity index (χ0v) is 20.8. The molecule has 0 unspecified atom stereocenters. The quantitative estimate of drug-likeness (QED) is 0.346. The highest BCUT2D eigenvalue weighted by atomic mass is 16.5. The SMILES string of the molecule is COc1c(-c2ccc(C#N)cc2)nn(CC2CC2)c1Cc1cc(-n2nc(C)c(C(C)=O)c2C)ncn1. The van der Waals surface area contributed by atoms with Gasteiger partial charge in [0.25, 0.3) is 0 Å². The van der Waals surface area contributed by atoms with Gasteiger partial charge in [0.15, 0.2) is 17.4 Å². The van der Waals surface area contributed by atoms with Gasteiger partial charge in [-0.15, -0.1) is 0 Å². The van der Waals surface area contributed by atoms with Crippen LogP contribution in [0.3, 0.4) is 0 Å². The molecule has 1 saturated carbocycles. The molecule has 1 aliphatic rings. The van der Waals surface area contributed by atoms with E-state index in [1.54, 1.807) is 30.8 Å². The zero-order valence-electron chi connectivity index (χ0n) is 20.8. The van der Waals surface area contributed by atoms with Crippen molar-refractivity contribution in [1.29, 1.82) is 5.26 Å². The fourth-order valence-electron chi connectivity index (χ4n) is 4.60. The molecule has 36 heavy (non-hydrogen) atoms. The van der Waals surface area contributed by atoms with Crippen LogP contribution in [0.15, 0.2) is 36.7 Å². The number of rotatable bonds is 8. The predicted molar refractivity (Wildman–Crippen MR) is 133 cm³/mol. The van der Waals surface area contributed by atoms with Crippen LogP contribution in [0.2, 0.25) is 0 Å². The number of Topliss-reactive ketones (excluding diaryl/α,β-unsaturated/α-hetero) is 1. The maximum atomic E-state index is 12.1. The molecule has 0 amide bonds. The highest BCUT2D eigenvalue weighted by Crippen LogP contribution is 2.37. The number of nitriles is 1. The Balaban J connectivity index is 1.54. The number of hydrogen-bond donors (Lipinski definition) is 0. The Bertz CT molecular complexity index is 1490. The number of aromatic nitrogens is 6. The number of carbonyl (C=O) groups is 1. The number of benzene rings is 1. The van der Waals surface area contributed by atoms with Crippen molar-refractivity contribution in [3.63, 3.8) is 0 Å². The summed E-state index contributed by atoms with van der Waals surface area (Å²) in [4.78, 5) is 21.0. The van der Waals surface area contributed by atoms with Crippen LogP contribution in [0.4, 0.5) is 0 Å². The summed E-state index contributed by atoms with van der Waals surface area (Å²) in [5, 5.41) is 18.6. The van der Waals surface area contributed by atoms with Crippen molar-refractivity contribution in [2.24, 2.45) is 5.92 Å². The van der Waals surface area contributed by atoms with Gasteiger partial charge in [0.1, 0.15) is 12.0 Å². The molecule has 0 radical (unpaired) electrons. The summed E-state index contributed by atoms with van der Waals surface area (Å²) < 4.78 is 9.60. The molecule has 1 aliphatic carbocycles. The molecule has 9 heteroatoms. The molecule has 3 heterocycles. The van der Waals surface area contributed by atoms with Gasteiger partial charge >= 0.3 is 0 Å². The molecular weight excluding hydrogens is 454 g/mol. The zero-order chi connectivity index (χ0) is 25.4. The van der Waals surface area contributed by atoms with Crippen LogP contribution in [-0.2, 0) is 13.0 Å². The van der Waals surface area contributed by atoms with Crippen LogP contribution < -0.4 is 4.74 Å². The molecule has 0 aliphatic heterocycles. The Morgan fingerprint density at radius 3 is 2.53 bits per heavy atom. The highest BCUT2D eigenvalue weighted by molar-refractivity contribution is 5.96. The van der Waals surface area contributed by atoms with E-state index in [9.17, 15) is 4.79 Å². The molecule has 3 aromatic heterocycles. The monoisotopic (exact) mass is 481 g/mol. The van der Waals surface area contributed by atoms with Crippen molar-refractivity contribution < 1.29 is 9.53 Å². The van der Waals surface area contributed by atoms with Crippen LogP contribution in [0, 0.1) is 31.1 Å². The first kappa shape index (κ1) is 23.4. The smallest absolute Gasteiger partial charge is 0.168 e. The maximum Gasteiger partial charge on any atom is 0.168 e. The molecule has 0 N–H and O–H groups in total. The Labute approximate surface area is 209 Å². The van der Waals surface area contributed by atoms with E-state index < -0.39 is 0 Å². The number of hydrogen-bond acceptors (Lipinski definition) is 7. The van der Waals surface area contributed by atoms with Gasteiger partial charge in [0, 0.05) is 24.6 Å². The number of carbonyl (C=O) groups excluding carboxylic acids is 1. The van der Waals surface area contributed by atoms with Gasteiger partial charge in [-0.3, -0.25) is 9.48 Å². The maximum absolute atomic E-state index is 12.1. The molecule has 1 aromatic carbocycles. The van der Waals surface area contributed by atoms with Gasteiger partial charge in [-0.25, -0.2) is 14.6 Å². The Morgan fingerprint density at radius 2 is 1.92 bits per heavy atom. The lowest BCUT2D eigenvalue weighted by atomic mass is 10.1. The third-order valence-electron chi connectivity index (χ3n) is 6.55. The summed E-state index contributed by atoms with van der Waals surface area (Å²) in [5.41, 5.74) is 6.01. The van der Waals surface area contributed by atoms with Gasteiger partial charge in [0.05, 0.1) is 47.1 Å². The summed E-state index contributed by atoms with van der Waals surface area (Å²) in [7, 11) is 1.65. The fraction of sp³-hybridized carbons (Fsp3) is 0.333. The summed E-state index contributed by atoms with van der Waals surface area (Å²) in [5.74, 6) is 1.90.